The number of benzene rings is 1. The lowest BCUT2D eigenvalue weighted by atomic mass is 10.1. The van der Waals surface area contributed by atoms with Gasteiger partial charge in [0.1, 0.15) is 0 Å². The Hall–Kier alpha value is -1.75. The number of aromatic nitrogens is 2. The largest absolute Gasteiger partial charge is 0.481 e. The summed E-state index contributed by atoms with van der Waals surface area (Å²) in [5.41, 5.74) is 3.38. The SMILES string of the molecule is CCc1cc(SCC(=O)O)n(Cc2cccc(C)c2)n1. The predicted octanol–water partition coefficient (Wildman–Crippen LogP) is 2.98. The summed E-state index contributed by atoms with van der Waals surface area (Å²) in [5.74, 6) is -0.751. The number of nitrogens with zero attached hydrogens (tertiary/aromatic N) is 2. The second-order valence-corrected chi connectivity index (χ2v) is 5.65. The number of aliphatic carboxylic acids is 1. The Labute approximate surface area is 122 Å². The average Bonchev–Trinajstić information content (AvgIpc) is 2.79. The standard InChI is InChI=1S/C15H18N2O2S/c1-3-13-8-14(20-10-15(18)19)17(16-13)9-12-6-4-5-11(2)7-12/h4-8H,3,9-10H2,1-2H3,(H,18,19). The molecule has 20 heavy (non-hydrogen) atoms. The number of rotatable bonds is 6. The van der Waals surface area contributed by atoms with Gasteiger partial charge in [-0.25, -0.2) is 0 Å². The summed E-state index contributed by atoms with van der Waals surface area (Å²) >= 11 is 1.32. The van der Waals surface area contributed by atoms with Crippen LogP contribution in [-0.4, -0.2) is 26.6 Å². The Bertz CT molecular complexity index is 608. The zero-order valence-electron chi connectivity index (χ0n) is 11.7. The quantitative estimate of drug-likeness (QED) is 0.831. The molecule has 1 N–H and O–H groups in total. The van der Waals surface area contributed by atoms with Crippen molar-refractivity contribution in [2.75, 3.05) is 5.75 Å². The minimum Gasteiger partial charge on any atom is -0.481 e. The van der Waals surface area contributed by atoms with Crippen LogP contribution in [0.15, 0.2) is 35.4 Å². The third kappa shape index (κ3) is 3.87. The van der Waals surface area contributed by atoms with Crippen LogP contribution >= 0.6 is 11.8 Å². The van der Waals surface area contributed by atoms with Gasteiger partial charge in [0.25, 0.3) is 0 Å². The summed E-state index contributed by atoms with van der Waals surface area (Å²) in [4.78, 5) is 10.7. The lowest BCUT2D eigenvalue weighted by molar-refractivity contribution is -0.133. The molecule has 0 saturated carbocycles. The van der Waals surface area contributed by atoms with Crippen molar-refractivity contribution < 1.29 is 9.90 Å². The zero-order valence-corrected chi connectivity index (χ0v) is 12.5. The monoisotopic (exact) mass is 290 g/mol. The highest BCUT2D eigenvalue weighted by molar-refractivity contribution is 7.99. The summed E-state index contributed by atoms with van der Waals surface area (Å²) in [6, 6.07) is 10.2. The molecule has 0 fully saturated rings. The number of aryl methyl sites for hydroxylation is 2. The lowest BCUT2D eigenvalue weighted by Gasteiger charge is -2.07. The van der Waals surface area contributed by atoms with E-state index < -0.39 is 5.97 Å². The number of hydrogen-bond donors (Lipinski definition) is 1. The lowest BCUT2D eigenvalue weighted by Crippen LogP contribution is -2.05. The van der Waals surface area contributed by atoms with Gasteiger partial charge in [0.2, 0.25) is 0 Å². The van der Waals surface area contributed by atoms with Gasteiger partial charge in [-0.1, -0.05) is 48.5 Å². The maximum Gasteiger partial charge on any atom is 0.313 e. The fourth-order valence-corrected chi connectivity index (χ4v) is 2.72. The first-order valence-electron chi connectivity index (χ1n) is 6.55. The Morgan fingerprint density at radius 3 is 2.85 bits per heavy atom. The average molecular weight is 290 g/mol. The van der Waals surface area contributed by atoms with E-state index in [1.807, 2.05) is 23.7 Å². The van der Waals surface area contributed by atoms with Crippen LogP contribution < -0.4 is 0 Å². The molecular formula is C15H18N2O2S. The van der Waals surface area contributed by atoms with E-state index in [0.717, 1.165) is 17.1 Å². The Balaban J connectivity index is 2.20. The number of carbonyl (C=O) groups is 1. The Morgan fingerprint density at radius 1 is 1.40 bits per heavy atom. The van der Waals surface area contributed by atoms with Crippen molar-refractivity contribution in [2.24, 2.45) is 0 Å². The van der Waals surface area contributed by atoms with Crippen LogP contribution in [0.25, 0.3) is 0 Å². The summed E-state index contributed by atoms with van der Waals surface area (Å²) in [6.07, 6.45) is 0.849. The van der Waals surface area contributed by atoms with Crippen LogP contribution in [0.5, 0.6) is 0 Å². The molecule has 0 aliphatic carbocycles. The molecule has 0 amide bonds. The molecule has 106 valence electrons. The molecule has 1 aromatic heterocycles. The maximum atomic E-state index is 10.7. The van der Waals surface area contributed by atoms with Crippen LogP contribution in [0.1, 0.15) is 23.7 Å². The third-order valence-corrected chi connectivity index (χ3v) is 3.93. The topological polar surface area (TPSA) is 55.1 Å². The summed E-state index contributed by atoms with van der Waals surface area (Å²) in [5, 5.41) is 14.2. The maximum absolute atomic E-state index is 10.7. The van der Waals surface area contributed by atoms with Crippen molar-refractivity contribution >= 4 is 17.7 Å². The highest BCUT2D eigenvalue weighted by Gasteiger charge is 2.10. The van der Waals surface area contributed by atoms with Gasteiger partial charge in [0.15, 0.2) is 0 Å². The normalized spacial score (nSPS) is 10.7. The van der Waals surface area contributed by atoms with Crippen LogP contribution in [0.2, 0.25) is 0 Å². The summed E-state index contributed by atoms with van der Waals surface area (Å²) in [7, 11) is 0. The van der Waals surface area contributed by atoms with Gasteiger partial charge < -0.3 is 5.11 Å². The molecule has 1 heterocycles. The first-order valence-corrected chi connectivity index (χ1v) is 7.54. The minimum absolute atomic E-state index is 0.0582. The molecule has 0 bridgehead atoms. The van der Waals surface area contributed by atoms with Gasteiger partial charge in [-0.2, -0.15) is 5.10 Å². The van der Waals surface area contributed by atoms with Crippen molar-refractivity contribution in [2.45, 2.75) is 31.8 Å². The first kappa shape index (κ1) is 14.7. The molecule has 0 spiro atoms. The fraction of sp³-hybridized carbons (Fsp3) is 0.333. The van der Waals surface area contributed by atoms with Gasteiger partial charge in [0, 0.05) is 0 Å². The minimum atomic E-state index is -0.809. The number of thioether (sulfide) groups is 1. The molecule has 0 saturated heterocycles. The van der Waals surface area contributed by atoms with Gasteiger partial charge >= 0.3 is 5.97 Å². The van der Waals surface area contributed by atoms with Crippen LogP contribution in [-0.2, 0) is 17.8 Å². The molecule has 1 aromatic carbocycles. The van der Waals surface area contributed by atoms with E-state index in [-0.39, 0.29) is 5.75 Å². The van der Waals surface area contributed by atoms with E-state index in [1.165, 1.54) is 22.9 Å². The third-order valence-electron chi connectivity index (χ3n) is 2.91. The molecule has 0 atom stereocenters. The van der Waals surface area contributed by atoms with Gasteiger partial charge in [-0.15, -0.1) is 0 Å². The summed E-state index contributed by atoms with van der Waals surface area (Å²) < 4.78 is 1.89. The molecule has 0 aliphatic rings. The molecule has 5 heteroatoms. The predicted molar refractivity (Wildman–Crippen MR) is 80.2 cm³/mol. The number of carboxylic acids is 1. The molecule has 4 nitrogen and oxygen atoms in total. The van der Waals surface area contributed by atoms with E-state index in [4.69, 9.17) is 5.11 Å². The molecule has 2 aromatic rings. The number of carboxylic acid groups (broad SMARTS) is 1. The van der Waals surface area contributed by atoms with Crippen molar-refractivity contribution in [1.82, 2.24) is 9.78 Å². The molecule has 0 aliphatic heterocycles. The van der Waals surface area contributed by atoms with Crippen molar-refractivity contribution in [3.05, 3.63) is 47.2 Å². The highest BCUT2D eigenvalue weighted by atomic mass is 32.2. The van der Waals surface area contributed by atoms with Crippen molar-refractivity contribution in [3.63, 3.8) is 0 Å². The van der Waals surface area contributed by atoms with Crippen molar-refractivity contribution in [3.8, 4) is 0 Å². The number of hydrogen-bond acceptors (Lipinski definition) is 3. The van der Waals surface area contributed by atoms with E-state index >= 15 is 0 Å². The molecular weight excluding hydrogens is 272 g/mol. The Kier molecular flexibility index (Phi) is 4.84. The summed E-state index contributed by atoms with van der Waals surface area (Å²) in [6.45, 7) is 4.78. The van der Waals surface area contributed by atoms with E-state index in [9.17, 15) is 4.79 Å². The van der Waals surface area contributed by atoms with E-state index in [1.54, 1.807) is 0 Å². The van der Waals surface area contributed by atoms with Gasteiger partial charge in [-0.3, -0.25) is 9.48 Å². The molecule has 0 unspecified atom stereocenters. The smallest absolute Gasteiger partial charge is 0.313 e. The second kappa shape index (κ2) is 6.61. The first-order chi connectivity index (χ1) is 9.58. The van der Waals surface area contributed by atoms with Crippen molar-refractivity contribution in [1.29, 1.82) is 0 Å². The molecule has 2 rings (SSSR count). The molecule has 0 radical (unpaired) electrons. The van der Waals surface area contributed by atoms with E-state index in [2.05, 4.69) is 30.2 Å². The zero-order chi connectivity index (χ0) is 14.5. The highest BCUT2D eigenvalue weighted by Crippen LogP contribution is 2.21. The second-order valence-electron chi connectivity index (χ2n) is 4.66. The van der Waals surface area contributed by atoms with Crippen LogP contribution in [0.4, 0.5) is 0 Å². The van der Waals surface area contributed by atoms with Crippen LogP contribution in [0, 0.1) is 6.92 Å². The van der Waals surface area contributed by atoms with Crippen LogP contribution in [0.3, 0.4) is 0 Å². The van der Waals surface area contributed by atoms with Gasteiger partial charge in [-0.05, 0) is 25.0 Å². The Morgan fingerprint density at radius 2 is 2.20 bits per heavy atom. The van der Waals surface area contributed by atoms with Gasteiger partial charge in [0.05, 0.1) is 23.0 Å². The fourth-order valence-electron chi connectivity index (χ4n) is 1.97. The van der Waals surface area contributed by atoms with E-state index in [0.29, 0.717) is 6.54 Å².